The zero-order valence-corrected chi connectivity index (χ0v) is 20.1. The van der Waals surface area contributed by atoms with Crippen molar-refractivity contribution in [2.75, 3.05) is 23.8 Å². The third-order valence-electron chi connectivity index (χ3n) is 4.84. The Hall–Kier alpha value is -4.28. The molecule has 3 aromatic carbocycles. The zero-order chi connectivity index (χ0) is 25.2. The van der Waals surface area contributed by atoms with Gasteiger partial charge in [-0.2, -0.15) is 5.26 Å². The molecule has 3 rings (SSSR count). The Morgan fingerprint density at radius 1 is 1.03 bits per heavy atom. The van der Waals surface area contributed by atoms with Crippen LogP contribution in [0.1, 0.15) is 18.1 Å². The molecule has 0 aliphatic carbocycles. The van der Waals surface area contributed by atoms with Crippen molar-refractivity contribution in [3.63, 3.8) is 0 Å². The highest BCUT2D eigenvalue weighted by Gasteiger charge is 2.13. The lowest BCUT2D eigenvalue weighted by Gasteiger charge is -2.12. The normalized spacial score (nSPS) is 10.7. The van der Waals surface area contributed by atoms with E-state index in [0.29, 0.717) is 40.1 Å². The first-order valence-electron chi connectivity index (χ1n) is 10.8. The van der Waals surface area contributed by atoms with Crippen molar-refractivity contribution >= 4 is 40.9 Å². The van der Waals surface area contributed by atoms with Gasteiger partial charge in [0.1, 0.15) is 23.1 Å². The summed E-state index contributed by atoms with van der Waals surface area (Å²) in [5, 5.41) is 15.4. The van der Waals surface area contributed by atoms with E-state index in [-0.39, 0.29) is 18.1 Å². The zero-order valence-electron chi connectivity index (χ0n) is 19.3. The Morgan fingerprint density at radius 3 is 2.46 bits per heavy atom. The predicted molar refractivity (Wildman–Crippen MR) is 137 cm³/mol. The van der Waals surface area contributed by atoms with Crippen molar-refractivity contribution in [3.8, 4) is 17.6 Å². The van der Waals surface area contributed by atoms with Gasteiger partial charge in [0.2, 0.25) is 0 Å². The molecule has 0 radical (unpaired) electrons. The summed E-state index contributed by atoms with van der Waals surface area (Å²) in [6.45, 7) is 4.03. The van der Waals surface area contributed by atoms with Gasteiger partial charge in [-0.3, -0.25) is 9.59 Å². The molecule has 35 heavy (non-hydrogen) atoms. The van der Waals surface area contributed by atoms with E-state index >= 15 is 0 Å². The fraction of sp³-hybridized carbons (Fsp3) is 0.148. The number of nitrogens with zero attached hydrogens (tertiary/aromatic N) is 1. The van der Waals surface area contributed by atoms with Crippen LogP contribution >= 0.6 is 11.6 Å². The van der Waals surface area contributed by atoms with E-state index in [4.69, 9.17) is 21.1 Å². The number of carbonyl (C=O) groups excluding carboxylic acids is 2. The van der Waals surface area contributed by atoms with Crippen LogP contribution in [-0.2, 0) is 9.59 Å². The van der Waals surface area contributed by atoms with Gasteiger partial charge in [-0.15, -0.1) is 0 Å². The first kappa shape index (κ1) is 25.3. The monoisotopic (exact) mass is 489 g/mol. The Kier molecular flexibility index (Phi) is 8.88. The molecule has 3 aromatic rings. The van der Waals surface area contributed by atoms with Crippen molar-refractivity contribution in [2.24, 2.45) is 0 Å². The summed E-state index contributed by atoms with van der Waals surface area (Å²) in [7, 11) is 0. The fourth-order valence-corrected chi connectivity index (χ4v) is 3.29. The minimum atomic E-state index is -0.597. The lowest BCUT2D eigenvalue weighted by molar-refractivity contribution is -0.118. The summed E-state index contributed by atoms with van der Waals surface area (Å²) in [6.07, 6.45) is 1.37. The van der Waals surface area contributed by atoms with E-state index in [1.807, 2.05) is 38.1 Å². The molecule has 0 atom stereocenters. The SMILES string of the molecule is CCOc1ccc(NC(=O)/C(C#N)=C/c2cc(Cl)ccc2OCC(=O)Nc2ccccc2C)cc1. The second-order valence-corrected chi connectivity index (χ2v) is 7.85. The predicted octanol–water partition coefficient (Wildman–Crippen LogP) is 5.61. The molecule has 0 aromatic heterocycles. The van der Waals surface area contributed by atoms with Crippen LogP contribution in [0.4, 0.5) is 11.4 Å². The smallest absolute Gasteiger partial charge is 0.266 e. The number of ether oxygens (including phenoxy) is 2. The fourth-order valence-electron chi connectivity index (χ4n) is 3.11. The molecule has 0 heterocycles. The van der Waals surface area contributed by atoms with Crippen LogP contribution in [0.3, 0.4) is 0 Å². The number of rotatable bonds is 9. The lowest BCUT2D eigenvalue weighted by Crippen LogP contribution is -2.21. The van der Waals surface area contributed by atoms with Gasteiger partial charge in [0.25, 0.3) is 11.8 Å². The van der Waals surface area contributed by atoms with Gasteiger partial charge in [0.05, 0.1) is 6.61 Å². The second kappa shape index (κ2) is 12.3. The summed E-state index contributed by atoms with van der Waals surface area (Å²) in [5.41, 5.74) is 2.35. The number of hydrogen-bond donors (Lipinski definition) is 2. The van der Waals surface area contributed by atoms with Gasteiger partial charge in [0.15, 0.2) is 6.61 Å². The van der Waals surface area contributed by atoms with Crippen molar-refractivity contribution < 1.29 is 19.1 Å². The number of nitrogens with one attached hydrogen (secondary N) is 2. The van der Waals surface area contributed by atoms with Crippen LogP contribution < -0.4 is 20.1 Å². The average Bonchev–Trinajstić information content (AvgIpc) is 2.84. The summed E-state index contributed by atoms with van der Waals surface area (Å²) in [4.78, 5) is 25.1. The first-order chi connectivity index (χ1) is 16.9. The average molecular weight is 490 g/mol. The van der Waals surface area contributed by atoms with Crippen LogP contribution in [0.5, 0.6) is 11.5 Å². The Balaban J connectivity index is 1.72. The Morgan fingerprint density at radius 2 is 1.77 bits per heavy atom. The summed E-state index contributed by atoms with van der Waals surface area (Å²) >= 11 is 6.12. The minimum Gasteiger partial charge on any atom is -0.494 e. The number of amides is 2. The van der Waals surface area contributed by atoms with Gasteiger partial charge in [0, 0.05) is 22.0 Å². The molecular weight excluding hydrogens is 466 g/mol. The van der Waals surface area contributed by atoms with Crippen molar-refractivity contribution in [2.45, 2.75) is 13.8 Å². The highest BCUT2D eigenvalue weighted by atomic mass is 35.5. The number of carbonyl (C=O) groups is 2. The van der Waals surface area contributed by atoms with Gasteiger partial charge < -0.3 is 20.1 Å². The molecular formula is C27H24ClN3O4. The van der Waals surface area contributed by atoms with E-state index in [1.165, 1.54) is 6.08 Å². The van der Waals surface area contributed by atoms with E-state index in [0.717, 1.165) is 5.56 Å². The van der Waals surface area contributed by atoms with Crippen LogP contribution in [0.25, 0.3) is 6.08 Å². The maximum absolute atomic E-state index is 12.7. The van der Waals surface area contributed by atoms with Crippen molar-refractivity contribution in [1.82, 2.24) is 0 Å². The topological polar surface area (TPSA) is 100 Å². The number of aryl methyl sites for hydroxylation is 1. The Bertz CT molecular complexity index is 1280. The standard InChI is InChI=1S/C27H24ClN3O4/c1-3-34-23-11-9-22(10-12-23)30-27(33)20(16-29)14-19-15-21(28)8-13-25(19)35-17-26(32)31-24-7-5-4-6-18(24)2/h4-15H,3,17H2,1-2H3,(H,30,33)(H,31,32)/b20-14+. The maximum atomic E-state index is 12.7. The van der Waals surface area contributed by atoms with E-state index in [2.05, 4.69) is 10.6 Å². The second-order valence-electron chi connectivity index (χ2n) is 7.42. The molecule has 2 amide bonds. The molecule has 0 aliphatic heterocycles. The van der Waals surface area contributed by atoms with Gasteiger partial charge in [-0.25, -0.2) is 0 Å². The van der Waals surface area contributed by atoms with Crippen molar-refractivity contribution in [1.29, 1.82) is 5.26 Å². The summed E-state index contributed by atoms with van der Waals surface area (Å²) in [6, 6.07) is 20.8. The maximum Gasteiger partial charge on any atom is 0.266 e. The summed E-state index contributed by atoms with van der Waals surface area (Å²) in [5.74, 6) is 0.0301. The van der Waals surface area contributed by atoms with Crippen LogP contribution in [0.2, 0.25) is 5.02 Å². The first-order valence-corrected chi connectivity index (χ1v) is 11.2. The molecule has 0 saturated heterocycles. The minimum absolute atomic E-state index is 0.157. The molecule has 2 N–H and O–H groups in total. The molecule has 7 nitrogen and oxygen atoms in total. The van der Waals surface area contributed by atoms with Gasteiger partial charge in [-0.05, 0) is 74.0 Å². The van der Waals surface area contributed by atoms with E-state index < -0.39 is 5.91 Å². The molecule has 0 spiro atoms. The van der Waals surface area contributed by atoms with E-state index in [1.54, 1.807) is 48.5 Å². The number of halogens is 1. The quantitative estimate of drug-likeness (QED) is 0.300. The number of para-hydroxylation sites is 1. The summed E-state index contributed by atoms with van der Waals surface area (Å²) < 4.78 is 11.1. The van der Waals surface area contributed by atoms with Crippen molar-refractivity contribution in [3.05, 3.63) is 88.5 Å². The van der Waals surface area contributed by atoms with Gasteiger partial charge in [-0.1, -0.05) is 29.8 Å². The van der Waals surface area contributed by atoms with Crippen LogP contribution in [0, 0.1) is 18.3 Å². The van der Waals surface area contributed by atoms with Gasteiger partial charge >= 0.3 is 0 Å². The molecule has 0 aliphatic rings. The highest BCUT2D eigenvalue weighted by Crippen LogP contribution is 2.26. The molecule has 0 fully saturated rings. The third kappa shape index (κ3) is 7.36. The van der Waals surface area contributed by atoms with Crippen LogP contribution in [0.15, 0.2) is 72.3 Å². The van der Waals surface area contributed by atoms with Crippen LogP contribution in [-0.4, -0.2) is 25.0 Å². The Labute approximate surface area is 208 Å². The highest BCUT2D eigenvalue weighted by molar-refractivity contribution is 6.30. The molecule has 0 unspecified atom stereocenters. The third-order valence-corrected chi connectivity index (χ3v) is 5.07. The van der Waals surface area contributed by atoms with E-state index in [9.17, 15) is 14.9 Å². The number of nitriles is 1. The largest absolute Gasteiger partial charge is 0.494 e. The number of anilines is 2. The molecule has 8 heteroatoms. The number of benzene rings is 3. The lowest BCUT2D eigenvalue weighted by atomic mass is 10.1. The molecule has 178 valence electrons. The molecule has 0 saturated carbocycles. The number of hydrogen-bond acceptors (Lipinski definition) is 5. The molecule has 0 bridgehead atoms.